The molecule has 0 spiro atoms. The first-order valence-corrected chi connectivity index (χ1v) is 15.7. The average molecular weight is 681 g/mol. The van der Waals surface area contributed by atoms with Gasteiger partial charge in [-0.05, 0) is 65.2 Å². The van der Waals surface area contributed by atoms with Gasteiger partial charge in [0.05, 0.1) is 61.6 Å². The quantitative estimate of drug-likeness (QED) is 0.0456. The van der Waals surface area contributed by atoms with Crippen LogP contribution in [0.3, 0.4) is 0 Å². The molecule has 0 aliphatic carbocycles. The summed E-state index contributed by atoms with van der Waals surface area (Å²) >= 11 is 0. The van der Waals surface area contributed by atoms with Gasteiger partial charge in [0.1, 0.15) is 23.0 Å². The minimum absolute atomic E-state index is 0.102. The Morgan fingerprint density at radius 2 is 1.16 bits per heavy atom. The van der Waals surface area contributed by atoms with Crippen LogP contribution in [0.2, 0.25) is 0 Å². The van der Waals surface area contributed by atoms with Gasteiger partial charge in [0.2, 0.25) is 0 Å². The lowest BCUT2D eigenvalue weighted by molar-refractivity contribution is -0.386. The maximum absolute atomic E-state index is 12.6. The number of methoxy groups -OCH3 is 2. The molecule has 1 unspecified atom stereocenters. The minimum Gasteiger partial charge on any atom is -0.497 e. The molecule has 0 amide bonds. The van der Waals surface area contributed by atoms with E-state index in [1.165, 1.54) is 24.3 Å². The van der Waals surface area contributed by atoms with Crippen molar-refractivity contribution >= 4 is 11.4 Å². The number of rotatable bonds is 17. The molecule has 0 fully saturated rings. The lowest BCUT2D eigenvalue weighted by Crippen LogP contribution is -2.33. The second-order valence-corrected chi connectivity index (χ2v) is 11.1. The molecule has 12 nitrogen and oxygen atoms in total. The molecule has 0 aromatic heterocycles. The molecule has 0 radical (unpaired) electrons. The number of nitrogens with zero attached hydrogens (tertiary/aromatic N) is 2. The monoisotopic (exact) mass is 680 g/mol. The van der Waals surface area contributed by atoms with E-state index in [1.54, 1.807) is 38.5 Å². The third kappa shape index (κ3) is 8.00. The first kappa shape index (κ1) is 35.3. The van der Waals surface area contributed by atoms with E-state index in [9.17, 15) is 25.3 Å². The van der Waals surface area contributed by atoms with Crippen molar-refractivity contribution in [3.63, 3.8) is 0 Å². The number of aliphatic hydroxyl groups excluding tert-OH is 1. The third-order valence-electron chi connectivity index (χ3n) is 8.08. The molecule has 5 aromatic carbocycles. The highest BCUT2D eigenvalue weighted by Gasteiger charge is 2.43. The molecule has 0 aliphatic heterocycles. The third-order valence-corrected chi connectivity index (χ3v) is 8.08. The Hall–Kier alpha value is -5.98. The SMILES string of the molecule is COc1ccc(COC(c2ccccc2)(c2ccc(OC)cc2)c2cc(OCCCOc3ccc([N+](=O)[O-])c(CO)c3)ccc2[N+](=O)[O-])cc1. The topological polar surface area (TPSA) is 153 Å². The first-order chi connectivity index (χ1) is 24.3. The van der Waals surface area contributed by atoms with Crippen molar-refractivity contribution in [2.24, 2.45) is 0 Å². The predicted octanol–water partition coefficient (Wildman–Crippen LogP) is 7.37. The molecule has 258 valence electrons. The van der Waals surface area contributed by atoms with Gasteiger partial charge in [0.25, 0.3) is 11.4 Å². The van der Waals surface area contributed by atoms with Crippen molar-refractivity contribution in [1.82, 2.24) is 0 Å². The van der Waals surface area contributed by atoms with E-state index in [0.717, 1.165) is 5.56 Å². The number of aliphatic hydroxyl groups is 1. The second kappa shape index (κ2) is 16.4. The fourth-order valence-corrected chi connectivity index (χ4v) is 5.58. The number of hydrogen-bond donors (Lipinski definition) is 1. The van der Waals surface area contributed by atoms with Gasteiger partial charge in [-0.15, -0.1) is 0 Å². The standard InChI is InChI=1S/C38H36N2O10/c1-46-31-13-9-27(10-14-31)26-50-38(29-7-4-3-5-8-29,30-11-15-32(47-2)16-12-30)35-24-34(18-20-37(35)40(44)45)49-22-6-21-48-33-17-19-36(39(42)43)28(23-33)25-41/h3-5,7-20,23-24,41H,6,21-22,25-26H2,1-2H3. The number of nitro groups is 2. The largest absolute Gasteiger partial charge is 0.497 e. The van der Waals surface area contributed by atoms with E-state index in [2.05, 4.69) is 0 Å². The van der Waals surface area contributed by atoms with Crippen molar-refractivity contribution in [3.8, 4) is 23.0 Å². The maximum atomic E-state index is 12.6. The Balaban J connectivity index is 1.48. The highest BCUT2D eigenvalue weighted by molar-refractivity contribution is 5.58. The van der Waals surface area contributed by atoms with Crippen LogP contribution in [0.4, 0.5) is 11.4 Å². The average Bonchev–Trinajstić information content (AvgIpc) is 3.15. The Bertz CT molecular complexity index is 1900. The van der Waals surface area contributed by atoms with E-state index in [4.69, 9.17) is 23.7 Å². The normalized spacial score (nSPS) is 12.1. The smallest absolute Gasteiger partial charge is 0.276 e. The van der Waals surface area contributed by atoms with Crippen molar-refractivity contribution in [3.05, 3.63) is 163 Å². The summed E-state index contributed by atoms with van der Waals surface area (Å²) in [6.07, 6.45) is 0.425. The summed E-state index contributed by atoms with van der Waals surface area (Å²) < 4.78 is 29.4. The molecule has 0 heterocycles. The number of benzene rings is 5. The van der Waals surface area contributed by atoms with Gasteiger partial charge in [-0.25, -0.2) is 0 Å². The van der Waals surface area contributed by atoms with E-state index >= 15 is 0 Å². The summed E-state index contributed by atoms with van der Waals surface area (Å²) in [5.74, 6) is 2.05. The highest BCUT2D eigenvalue weighted by Crippen LogP contribution is 2.46. The maximum Gasteiger partial charge on any atom is 0.276 e. The number of nitro benzene ring substituents is 2. The molecule has 0 saturated heterocycles. The highest BCUT2D eigenvalue weighted by atomic mass is 16.6. The van der Waals surface area contributed by atoms with Crippen molar-refractivity contribution in [2.45, 2.75) is 25.2 Å². The van der Waals surface area contributed by atoms with Gasteiger partial charge < -0.3 is 28.8 Å². The Morgan fingerprint density at radius 1 is 0.640 bits per heavy atom. The molecule has 0 bridgehead atoms. The van der Waals surface area contributed by atoms with Crippen LogP contribution >= 0.6 is 0 Å². The van der Waals surface area contributed by atoms with E-state index in [0.29, 0.717) is 40.5 Å². The van der Waals surface area contributed by atoms with Crippen molar-refractivity contribution in [1.29, 1.82) is 0 Å². The molecule has 0 aliphatic rings. The molecule has 0 saturated carbocycles. The van der Waals surface area contributed by atoms with E-state index in [1.807, 2.05) is 66.7 Å². The summed E-state index contributed by atoms with van der Waals surface area (Å²) in [6.45, 7) is 0.0208. The Labute approximate surface area is 288 Å². The summed E-state index contributed by atoms with van der Waals surface area (Å²) in [5.41, 5.74) is 0.736. The summed E-state index contributed by atoms with van der Waals surface area (Å²) in [4.78, 5) is 22.8. The summed E-state index contributed by atoms with van der Waals surface area (Å²) in [6, 6.07) is 32.7. The fourth-order valence-electron chi connectivity index (χ4n) is 5.58. The van der Waals surface area contributed by atoms with Gasteiger partial charge >= 0.3 is 0 Å². The van der Waals surface area contributed by atoms with Gasteiger partial charge in [0, 0.05) is 18.6 Å². The van der Waals surface area contributed by atoms with Gasteiger partial charge in [-0.2, -0.15) is 0 Å². The molecule has 5 aromatic rings. The molecular formula is C38H36N2O10. The van der Waals surface area contributed by atoms with Crippen LogP contribution in [0.25, 0.3) is 0 Å². The molecule has 1 N–H and O–H groups in total. The second-order valence-electron chi connectivity index (χ2n) is 11.1. The minimum atomic E-state index is -1.46. The zero-order chi connectivity index (χ0) is 35.5. The van der Waals surface area contributed by atoms with Crippen molar-refractivity contribution in [2.75, 3.05) is 27.4 Å². The van der Waals surface area contributed by atoms with Crippen LogP contribution in [-0.4, -0.2) is 42.4 Å². The molecule has 5 rings (SSSR count). The van der Waals surface area contributed by atoms with Crippen LogP contribution < -0.4 is 18.9 Å². The molecule has 1 atom stereocenters. The fraction of sp³-hybridized carbons (Fsp3) is 0.211. The number of hydrogen-bond acceptors (Lipinski definition) is 10. The van der Waals surface area contributed by atoms with Crippen molar-refractivity contribution < 1.29 is 38.6 Å². The lowest BCUT2D eigenvalue weighted by Gasteiger charge is -2.35. The predicted molar refractivity (Wildman–Crippen MR) is 185 cm³/mol. The Morgan fingerprint density at radius 3 is 1.72 bits per heavy atom. The molecular weight excluding hydrogens is 644 g/mol. The summed E-state index contributed by atoms with van der Waals surface area (Å²) in [5, 5.41) is 33.3. The molecule has 12 heteroatoms. The van der Waals surface area contributed by atoms with E-state index < -0.39 is 22.1 Å². The van der Waals surface area contributed by atoms with Crippen LogP contribution in [0.1, 0.15) is 34.2 Å². The molecule has 50 heavy (non-hydrogen) atoms. The number of ether oxygens (including phenoxy) is 5. The van der Waals surface area contributed by atoms with E-state index in [-0.39, 0.29) is 42.3 Å². The van der Waals surface area contributed by atoms with Crippen LogP contribution in [-0.2, 0) is 23.6 Å². The van der Waals surface area contributed by atoms with Gasteiger partial charge in [0.15, 0.2) is 5.60 Å². The first-order valence-electron chi connectivity index (χ1n) is 15.7. The van der Waals surface area contributed by atoms with Gasteiger partial charge in [-0.3, -0.25) is 20.2 Å². The zero-order valence-electron chi connectivity index (χ0n) is 27.5. The zero-order valence-corrected chi connectivity index (χ0v) is 27.5. The Kier molecular flexibility index (Phi) is 11.6. The van der Waals surface area contributed by atoms with Crippen LogP contribution in [0, 0.1) is 20.2 Å². The van der Waals surface area contributed by atoms with Crippen LogP contribution in [0.15, 0.2) is 115 Å². The lowest BCUT2D eigenvalue weighted by atomic mass is 9.79. The van der Waals surface area contributed by atoms with Crippen LogP contribution in [0.5, 0.6) is 23.0 Å². The van der Waals surface area contributed by atoms with Gasteiger partial charge in [-0.1, -0.05) is 54.6 Å². The summed E-state index contributed by atoms with van der Waals surface area (Å²) in [7, 11) is 3.15.